The van der Waals surface area contributed by atoms with Crippen molar-refractivity contribution in [1.82, 2.24) is 20.1 Å². The van der Waals surface area contributed by atoms with Crippen molar-refractivity contribution in [3.8, 4) is 11.3 Å². The number of nitrogens with one attached hydrogen (secondary N) is 1. The normalized spacial score (nSPS) is 17.5. The van der Waals surface area contributed by atoms with Crippen molar-refractivity contribution in [3.05, 3.63) is 114 Å². The monoisotopic (exact) mass is 550 g/mol. The lowest BCUT2D eigenvalue weighted by Crippen LogP contribution is -2.64. The number of pyridine rings is 1. The molecule has 0 bridgehead atoms. The van der Waals surface area contributed by atoms with Crippen LogP contribution in [0.5, 0.6) is 0 Å². The van der Waals surface area contributed by atoms with E-state index >= 15 is 0 Å². The Balaban J connectivity index is 1.30. The Kier molecular flexibility index (Phi) is 8.95. The molecule has 2 atom stereocenters. The van der Waals surface area contributed by atoms with Gasteiger partial charge < -0.3 is 14.6 Å². The molecule has 4 aromatic rings. The molecule has 1 N–H and O–H groups in total. The van der Waals surface area contributed by atoms with Gasteiger partial charge in [0.05, 0.1) is 6.26 Å². The highest BCUT2D eigenvalue weighted by Crippen LogP contribution is 2.24. The standard InChI is InChI=1S/C34H38N4O3/c1-24(2)34(40)38-25(3)21-37(22-30-10-5-4-9-29(30)18-27-8-6-16-35-19-27)23-31(38)33(39)36-20-26-12-14-28(15-13-26)32-11-7-17-41-32/h4-17,19,24-25,31H,18,20-23H2,1-3H3,(H,36,39). The molecule has 1 aliphatic heterocycles. The molecule has 2 aromatic carbocycles. The van der Waals surface area contributed by atoms with Crippen LogP contribution >= 0.6 is 0 Å². The minimum Gasteiger partial charge on any atom is -0.464 e. The summed E-state index contributed by atoms with van der Waals surface area (Å²) in [4.78, 5) is 35.3. The van der Waals surface area contributed by atoms with Crippen molar-refractivity contribution in [1.29, 1.82) is 0 Å². The molecule has 0 saturated carbocycles. The summed E-state index contributed by atoms with van der Waals surface area (Å²) in [6.07, 6.45) is 6.14. The third kappa shape index (κ3) is 6.92. The number of piperazine rings is 1. The number of rotatable bonds is 9. The molecule has 0 radical (unpaired) electrons. The summed E-state index contributed by atoms with van der Waals surface area (Å²) in [5.74, 6) is 0.502. The molecule has 2 unspecified atom stereocenters. The maximum absolute atomic E-state index is 13.7. The zero-order valence-corrected chi connectivity index (χ0v) is 24.0. The summed E-state index contributed by atoms with van der Waals surface area (Å²) in [5.41, 5.74) is 5.60. The molecule has 2 aromatic heterocycles. The van der Waals surface area contributed by atoms with Crippen molar-refractivity contribution in [2.75, 3.05) is 13.1 Å². The number of amides is 2. The van der Waals surface area contributed by atoms with Crippen LogP contribution in [0, 0.1) is 5.92 Å². The quantitative estimate of drug-likeness (QED) is 0.306. The smallest absolute Gasteiger partial charge is 0.244 e. The predicted octanol–water partition coefficient (Wildman–Crippen LogP) is 5.31. The zero-order valence-electron chi connectivity index (χ0n) is 24.0. The first-order chi connectivity index (χ1) is 19.9. The lowest BCUT2D eigenvalue weighted by Gasteiger charge is -2.45. The maximum atomic E-state index is 13.7. The first-order valence-electron chi connectivity index (χ1n) is 14.3. The summed E-state index contributed by atoms with van der Waals surface area (Å²) < 4.78 is 5.48. The Hall–Kier alpha value is -4.23. The largest absolute Gasteiger partial charge is 0.464 e. The van der Waals surface area contributed by atoms with Crippen molar-refractivity contribution >= 4 is 11.8 Å². The summed E-state index contributed by atoms with van der Waals surface area (Å²) in [5, 5.41) is 3.11. The SMILES string of the molecule is CC(C)C(=O)N1C(C)CN(Cc2ccccc2Cc2cccnc2)CC1C(=O)NCc1ccc(-c2ccco2)cc1. The number of aromatic nitrogens is 1. The molecule has 7 heteroatoms. The molecule has 212 valence electrons. The van der Waals surface area contributed by atoms with Gasteiger partial charge >= 0.3 is 0 Å². The highest BCUT2D eigenvalue weighted by atomic mass is 16.3. The number of carbonyl (C=O) groups is 2. The Morgan fingerprint density at radius 2 is 1.73 bits per heavy atom. The number of hydrogen-bond donors (Lipinski definition) is 1. The molecule has 0 aliphatic carbocycles. The topological polar surface area (TPSA) is 78.7 Å². The van der Waals surface area contributed by atoms with Gasteiger partial charge in [0.2, 0.25) is 11.8 Å². The van der Waals surface area contributed by atoms with Gasteiger partial charge in [-0.15, -0.1) is 0 Å². The fraction of sp³-hybridized carbons (Fsp3) is 0.324. The van der Waals surface area contributed by atoms with Crippen molar-refractivity contribution in [2.24, 2.45) is 5.92 Å². The van der Waals surface area contributed by atoms with Crippen molar-refractivity contribution < 1.29 is 14.0 Å². The first kappa shape index (κ1) is 28.3. The molecule has 5 rings (SSSR count). The van der Waals surface area contributed by atoms with Crippen LogP contribution < -0.4 is 5.32 Å². The van der Waals surface area contributed by atoms with Crippen LogP contribution in [-0.2, 0) is 29.1 Å². The van der Waals surface area contributed by atoms with Crippen LogP contribution in [0.2, 0.25) is 0 Å². The summed E-state index contributed by atoms with van der Waals surface area (Å²) in [6, 6.07) is 23.6. The van der Waals surface area contributed by atoms with E-state index in [1.807, 2.05) is 69.4 Å². The van der Waals surface area contributed by atoms with Crippen molar-refractivity contribution in [3.63, 3.8) is 0 Å². The lowest BCUT2D eigenvalue weighted by molar-refractivity contribution is -0.150. The molecule has 3 heterocycles. The fourth-order valence-corrected chi connectivity index (χ4v) is 5.57. The predicted molar refractivity (Wildman–Crippen MR) is 160 cm³/mol. The van der Waals surface area contributed by atoms with Gasteiger partial charge in [-0.2, -0.15) is 0 Å². The molecule has 1 aliphatic rings. The van der Waals surface area contributed by atoms with E-state index in [4.69, 9.17) is 4.42 Å². The minimum absolute atomic E-state index is 0.0112. The average molecular weight is 551 g/mol. The zero-order chi connectivity index (χ0) is 28.8. The van der Waals surface area contributed by atoms with Gasteiger partial charge in [-0.25, -0.2) is 0 Å². The average Bonchev–Trinajstić information content (AvgIpc) is 3.52. The lowest BCUT2D eigenvalue weighted by atomic mass is 9.98. The van der Waals surface area contributed by atoms with E-state index < -0.39 is 6.04 Å². The van der Waals surface area contributed by atoms with Gasteiger partial charge in [0.1, 0.15) is 11.8 Å². The summed E-state index contributed by atoms with van der Waals surface area (Å²) in [6.45, 7) is 8.12. The van der Waals surface area contributed by atoms with E-state index in [0.29, 0.717) is 26.2 Å². The number of nitrogens with zero attached hydrogens (tertiary/aromatic N) is 3. The van der Waals surface area contributed by atoms with Crippen LogP contribution in [0.4, 0.5) is 0 Å². The van der Waals surface area contributed by atoms with E-state index in [1.54, 1.807) is 17.4 Å². The fourth-order valence-electron chi connectivity index (χ4n) is 5.57. The van der Waals surface area contributed by atoms with Crippen LogP contribution in [-0.4, -0.2) is 51.8 Å². The van der Waals surface area contributed by atoms with E-state index in [0.717, 1.165) is 28.9 Å². The molecule has 0 spiro atoms. The number of carbonyl (C=O) groups excluding carboxylic acids is 2. The first-order valence-corrected chi connectivity index (χ1v) is 14.3. The number of benzene rings is 2. The highest BCUT2D eigenvalue weighted by Gasteiger charge is 2.40. The van der Waals surface area contributed by atoms with Crippen molar-refractivity contribution in [2.45, 2.75) is 52.4 Å². The highest BCUT2D eigenvalue weighted by molar-refractivity contribution is 5.89. The van der Waals surface area contributed by atoms with Gasteiger partial charge in [0.25, 0.3) is 0 Å². The summed E-state index contributed by atoms with van der Waals surface area (Å²) in [7, 11) is 0. The Morgan fingerprint density at radius 1 is 0.951 bits per heavy atom. The van der Waals surface area contributed by atoms with E-state index in [2.05, 4.69) is 45.5 Å². The molecule has 2 amide bonds. The number of furan rings is 1. The molecular weight excluding hydrogens is 512 g/mol. The van der Waals surface area contributed by atoms with Gasteiger partial charge in [-0.1, -0.05) is 68.4 Å². The molecule has 1 saturated heterocycles. The minimum atomic E-state index is -0.568. The van der Waals surface area contributed by atoms with Gasteiger partial charge in [0, 0.05) is 56.1 Å². The third-order valence-electron chi connectivity index (χ3n) is 7.67. The van der Waals surface area contributed by atoms with Gasteiger partial charge in [-0.3, -0.25) is 19.5 Å². The van der Waals surface area contributed by atoms with Gasteiger partial charge in [-0.05, 0) is 53.8 Å². The molecule has 7 nitrogen and oxygen atoms in total. The maximum Gasteiger partial charge on any atom is 0.244 e. The summed E-state index contributed by atoms with van der Waals surface area (Å²) >= 11 is 0. The third-order valence-corrected chi connectivity index (χ3v) is 7.67. The van der Waals surface area contributed by atoms with E-state index in [-0.39, 0.29) is 23.8 Å². The second-order valence-electron chi connectivity index (χ2n) is 11.2. The van der Waals surface area contributed by atoms with Crippen LogP contribution in [0.25, 0.3) is 11.3 Å². The Bertz CT molecular complexity index is 1430. The Morgan fingerprint density at radius 3 is 2.41 bits per heavy atom. The Labute approximate surface area is 242 Å². The molecular formula is C34H38N4O3. The van der Waals surface area contributed by atoms with Crippen LogP contribution in [0.3, 0.4) is 0 Å². The molecule has 1 fully saturated rings. The van der Waals surface area contributed by atoms with Crippen LogP contribution in [0.15, 0.2) is 95.9 Å². The van der Waals surface area contributed by atoms with E-state index in [1.165, 1.54) is 11.1 Å². The second kappa shape index (κ2) is 13.0. The van der Waals surface area contributed by atoms with E-state index in [9.17, 15) is 9.59 Å². The van der Waals surface area contributed by atoms with Crippen LogP contribution in [0.1, 0.15) is 43.0 Å². The van der Waals surface area contributed by atoms with Gasteiger partial charge in [0.15, 0.2) is 0 Å². The number of hydrogen-bond acceptors (Lipinski definition) is 5. The second-order valence-corrected chi connectivity index (χ2v) is 11.2. The molecule has 41 heavy (non-hydrogen) atoms.